The molecule has 37 heavy (non-hydrogen) atoms. The van der Waals surface area contributed by atoms with Gasteiger partial charge in [0, 0.05) is 6.20 Å². The minimum Gasteiger partial charge on any atom is -0.489 e. The molecule has 0 aliphatic rings. The Labute approximate surface area is 218 Å². The van der Waals surface area contributed by atoms with Crippen LogP contribution >= 0.6 is 11.3 Å². The van der Waals surface area contributed by atoms with Crippen molar-refractivity contribution in [2.75, 3.05) is 4.90 Å². The molecule has 1 amide bonds. The Hall–Kier alpha value is -4.36. The van der Waals surface area contributed by atoms with Crippen LogP contribution in [0.25, 0.3) is 10.4 Å². The Bertz CT molecular complexity index is 1470. The zero-order chi connectivity index (χ0) is 25.6. The average Bonchev–Trinajstić information content (AvgIpc) is 3.34. The Morgan fingerprint density at radius 3 is 2.30 bits per heavy atom. The van der Waals surface area contributed by atoms with E-state index in [1.165, 1.54) is 23.5 Å². The maximum atomic E-state index is 13.9. The van der Waals surface area contributed by atoms with Gasteiger partial charge in [-0.3, -0.25) is 9.69 Å². The van der Waals surface area contributed by atoms with Gasteiger partial charge < -0.3 is 4.74 Å². The summed E-state index contributed by atoms with van der Waals surface area (Å²) in [7, 11) is 0. The van der Waals surface area contributed by atoms with Crippen molar-refractivity contribution in [3.8, 4) is 16.2 Å². The summed E-state index contributed by atoms with van der Waals surface area (Å²) in [6.07, 6.45) is 1.67. The zero-order valence-corrected chi connectivity index (χ0v) is 21.0. The van der Waals surface area contributed by atoms with Crippen LogP contribution in [0.15, 0.2) is 103 Å². The van der Waals surface area contributed by atoms with Crippen LogP contribution in [0.3, 0.4) is 0 Å². The number of ether oxygens (including phenoxy) is 1. The summed E-state index contributed by atoms with van der Waals surface area (Å²) in [5.74, 6) is 0.751. The molecule has 0 aliphatic heterocycles. The van der Waals surface area contributed by atoms with Gasteiger partial charge >= 0.3 is 0 Å². The van der Waals surface area contributed by atoms with Crippen LogP contribution in [-0.4, -0.2) is 15.9 Å². The molecule has 0 saturated heterocycles. The molecule has 0 N–H and O–H groups in total. The summed E-state index contributed by atoms with van der Waals surface area (Å²) in [6.45, 7) is 2.56. The van der Waals surface area contributed by atoms with E-state index in [4.69, 9.17) is 4.74 Å². The van der Waals surface area contributed by atoms with Crippen molar-refractivity contribution >= 4 is 23.1 Å². The number of hydrogen-bond acceptors (Lipinski definition) is 5. The van der Waals surface area contributed by atoms with E-state index >= 15 is 0 Å². The third-order valence-electron chi connectivity index (χ3n) is 5.73. The predicted molar refractivity (Wildman–Crippen MR) is 144 cm³/mol. The second-order valence-electron chi connectivity index (χ2n) is 8.41. The van der Waals surface area contributed by atoms with E-state index in [2.05, 4.69) is 9.97 Å². The van der Waals surface area contributed by atoms with Crippen LogP contribution in [0.2, 0.25) is 0 Å². The monoisotopic (exact) mass is 509 g/mol. The Morgan fingerprint density at radius 2 is 1.59 bits per heavy atom. The molecule has 5 nitrogen and oxygen atoms in total. The molecule has 0 bridgehead atoms. The molecule has 0 spiro atoms. The lowest BCUT2D eigenvalue weighted by atomic mass is 10.1. The molecule has 5 rings (SSSR count). The summed E-state index contributed by atoms with van der Waals surface area (Å²) >= 11 is 1.50. The first-order valence-corrected chi connectivity index (χ1v) is 12.6. The molecule has 0 aliphatic carbocycles. The highest BCUT2D eigenvalue weighted by atomic mass is 32.1. The lowest BCUT2D eigenvalue weighted by Crippen LogP contribution is -2.31. The highest BCUT2D eigenvalue weighted by Crippen LogP contribution is 2.32. The van der Waals surface area contributed by atoms with E-state index in [1.54, 1.807) is 23.2 Å². The second-order valence-corrected chi connectivity index (χ2v) is 9.62. The van der Waals surface area contributed by atoms with E-state index in [0.29, 0.717) is 30.4 Å². The van der Waals surface area contributed by atoms with Crippen molar-refractivity contribution in [2.45, 2.75) is 20.1 Å². The number of rotatable bonds is 8. The van der Waals surface area contributed by atoms with Gasteiger partial charge in [-0.05, 0) is 60.0 Å². The fraction of sp³-hybridized carbons (Fsp3) is 0.100. The highest BCUT2D eigenvalue weighted by molar-refractivity contribution is 7.15. The lowest BCUT2D eigenvalue weighted by Gasteiger charge is -2.22. The molecule has 5 aromatic rings. The van der Waals surface area contributed by atoms with Crippen molar-refractivity contribution in [2.24, 2.45) is 0 Å². The van der Waals surface area contributed by atoms with Gasteiger partial charge in [0.15, 0.2) is 0 Å². The summed E-state index contributed by atoms with van der Waals surface area (Å²) in [4.78, 5) is 25.4. The number of benzene rings is 3. The van der Waals surface area contributed by atoms with Gasteiger partial charge in [-0.1, -0.05) is 60.7 Å². The molecule has 0 atom stereocenters. The molecule has 2 aromatic heterocycles. The molecular formula is C30H24FN3O2S. The molecule has 7 heteroatoms. The number of anilines is 1. The number of pyridine rings is 1. The van der Waals surface area contributed by atoms with Crippen molar-refractivity contribution < 1.29 is 13.9 Å². The summed E-state index contributed by atoms with van der Waals surface area (Å²) in [5, 5.41) is 0.825. The van der Waals surface area contributed by atoms with Crippen molar-refractivity contribution in [1.82, 2.24) is 9.97 Å². The molecular weight excluding hydrogens is 485 g/mol. The second kappa shape index (κ2) is 11.1. The van der Waals surface area contributed by atoms with Gasteiger partial charge in [-0.15, -0.1) is 11.3 Å². The summed E-state index contributed by atoms with van der Waals surface area (Å²) in [5.41, 5.74) is 3.17. The molecule has 2 heterocycles. The van der Waals surface area contributed by atoms with Gasteiger partial charge in [-0.25, -0.2) is 14.4 Å². The first kappa shape index (κ1) is 24.3. The number of amides is 1. The number of thiazole rings is 1. The average molecular weight is 510 g/mol. The number of halogens is 1. The Kier molecular flexibility index (Phi) is 7.33. The number of carbonyl (C=O) groups is 1. The normalized spacial score (nSPS) is 10.8. The smallest absolute Gasteiger partial charge is 0.279 e. The van der Waals surface area contributed by atoms with Crippen LogP contribution in [0, 0.1) is 12.7 Å². The fourth-order valence-electron chi connectivity index (χ4n) is 3.88. The summed E-state index contributed by atoms with van der Waals surface area (Å²) < 4.78 is 19.0. The van der Waals surface area contributed by atoms with E-state index in [9.17, 15) is 9.18 Å². The quantitative estimate of drug-likeness (QED) is 0.224. The number of aryl methyl sites for hydroxylation is 1. The standard InChI is InChI=1S/C30H24FN3O2S/c1-21-33-28(29(37-21)24-7-3-2-4-8-24)30(35)34(27-9-5-6-18-32-27)19-22-12-16-26(17-13-22)36-20-23-10-14-25(31)15-11-23/h2-18H,19-20H2,1H3. The van der Waals surface area contributed by atoms with E-state index in [-0.39, 0.29) is 11.7 Å². The first-order valence-electron chi connectivity index (χ1n) is 11.8. The lowest BCUT2D eigenvalue weighted by molar-refractivity contribution is 0.0980. The van der Waals surface area contributed by atoms with Crippen LogP contribution in [0.5, 0.6) is 5.75 Å². The number of carbonyl (C=O) groups excluding carboxylic acids is 1. The van der Waals surface area contributed by atoms with Gasteiger partial charge in [0.25, 0.3) is 5.91 Å². The third-order valence-corrected chi connectivity index (χ3v) is 6.75. The Morgan fingerprint density at radius 1 is 0.892 bits per heavy atom. The van der Waals surface area contributed by atoms with Crippen LogP contribution in [0.1, 0.15) is 26.6 Å². The van der Waals surface area contributed by atoms with Gasteiger partial charge in [0.1, 0.15) is 29.7 Å². The van der Waals surface area contributed by atoms with Crippen LogP contribution in [-0.2, 0) is 13.2 Å². The third kappa shape index (κ3) is 5.90. The molecule has 0 radical (unpaired) electrons. The van der Waals surface area contributed by atoms with E-state index in [0.717, 1.165) is 26.6 Å². The molecule has 184 valence electrons. The first-order chi connectivity index (χ1) is 18.1. The predicted octanol–water partition coefficient (Wildman–Crippen LogP) is 7.08. The minimum absolute atomic E-state index is 0.210. The van der Waals surface area contributed by atoms with Crippen molar-refractivity contribution in [1.29, 1.82) is 0 Å². The highest BCUT2D eigenvalue weighted by Gasteiger charge is 2.25. The van der Waals surface area contributed by atoms with Crippen LogP contribution < -0.4 is 9.64 Å². The van der Waals surface area contributed by atoms with E-state index < -0.39 is 0 Å². The van der Waals surface area contributed by atoms with Gasteiger partial charge in [-0.2, -0.15) is 0 Å². The van der Waals surface area contributed by atoms with Gasteiger partial charge in [0.2, 0.25) is 0 Å². The topological polar surface area (TPSA) is 55.3 Å². The van der Waals surface area contributed by atoms with Crippen molar-refractivity contribution in [3.05, 3.63) is 131 Å². The molecule has 0 unspecified atom stereocenters. The maximum Gasteiger partial charge on any atom is 0.279 e. The number of nitrogens with zero attached hydrogens (tertiary/aromatic N) is 3. The molecule has 0 saturated carbocycles. The maximum absolute atomic E-state index is 13.9. The minimum atomic E-state index is -0.274. The fourth-order valence-corrected chi connectivity index (χ4v) is 4.79. The van der Waals surface area contributed by atoms with Crippen molar-refractivity contribution in [3.63, 3.8) is 0 Å². The number of aromatic nitrogens is 2. The summed E-state index contributed by atoms with van der Waals surface area (Å²) in [6, 6.07) is 29.1. The molecule has 3 aromatic carbocycles. The van der Waals surface area contributed by atoms with E-state index in [1.807, 2.05) is 79.7 Å². The Balaban J connectivity index is 1.38. The number of hydrogen-bond donors (Lipinski definition) is 0. The molecule has 0 fully saturated rings. The zero-order valence-electron chi connectivity index (χ0n) is 20.2. The largest absolute Gasteiger partial charge is 0.489 e. The van der Waals surface area contributed by atoms with Crippen LogP contribution in [0.4, 0.5) is 10.2 Å². The van der Waals surface area contributed by atoms with Gasteiger partial charge in [0.05, 0.1) is 16.4 Å². The SMILES string of the molecule is Cc1nc(C(=O)N(Cc2ccc(OCc3ccc(F)cc3)cc2)c2ccccn2)c(-c2ccccc2)s1.